The zero-order chi connectivity index (χ0) is 9.84. The average Bonchev–Trinajstić information content (AvgIpc) is 2.45. The smallest absolute Gasteiger partial charge is 0.530 e. The van der Waals surface area contributed by atoms with Crippen molar-refractivity contribution >= 4 is 27.7 Å². The normalized spacial score (nSPS) is 20.6. The summed E-state index contributed by atoms with van der Waals surface area (Å²) in [6, 6.07) is 0. The van der Waals surface area contributed by atoms with Gasteiger partial charge in [0.05, 0.1) is 0 Å². The molecule has 1 heterocycles. The molecule has 1 aliphatic heterocycles. The molecule has 0 aromatic heterocycles. The van der Waals surface area contributed by atoms with Crippen molar-refractivity contribution < 1.29 is 39.5 Å². The van der Waals surface area contributed by atoms with Gasteiger partial charge in [0.1, 0.15) is 11.5 Å². The van der Waals surface area contributed by atoms with Crippen molar-refractivity contribution in [3.05, 3.63) is 10.5 Å². The number of carbonyl (C=O) groups is 1. The van der Waals surface area contributed by atoms with E-state index in [9.17, 15) is 9.90 Å². The van der Waals surface area contributed by atoms with Gasteiger partial charge >= 0.3 is 29.6 Å². The maximum atomic E-state index is 10.3. The van der Waals surface area contributed by atoms with Crippen LogP contribution in [0.5, 0.6) is 0 Å². The molecule has 0 aromatic carbocycles. The molecule has 3 nitrogen and oxygen atoms in total. The molecule has 1 unspecified atom stereocenters. The minimum absolute atomic E-state index is 0. The molecule has 0 aliphatic carbocycles. The van der Waals surface area contributed by atoms with Crippen molar-refractivity contribution in [3.8, 4) is 0 Å². The molecule has 0 radical (unpaired) electrons. The standard InChI is InChI=1S/C8H13NO2S2.Na/c1-3-5-6(4-2)12-13-7(5)9-8(10)11;/h7,9H,3-4H2,1-2H3,(H,10,11);/q;+1/p-1. The predicted octanol–water partition coefficient (Wildman–Crippen LogP) is -1.28. The number of amides is 1. The van der Waals surface area contributed by atoms with E-state index in [2.05, 4.69) is 12.2 Å². The second-order valence-electron chi connectivity index (χ2n) is 2.65. The number of hydrogen-bond donors (Lipinski definition) is 1. The van der Waals surface area contributed by atoms with Crippen molar-refractivity contribution in [1.29, 1.82) is 0 Å². The van der Waals surface area contributed by atoms with Gasteiger partial charge in [-0.15, -0.1) is 0 Å². The first-order valence-corrected chi connectivity index (χ1v) is 6.43. The van der Waals surface area contributed by atoms with Crippen LogP contribution >= 0.6 is 21.6 Å². The third-order valence-electron chi connectivity index (χ3n) is 1.87. The van der Waals surface area contributed by atoms with Gasteiger partial charge in [-0.1, -0.05) is 35.4 Å². The Kier molecular flexibility index (Phi) is 7.42. The first-order valence-electron chi connectivity index (χ1n) is 4.21. The quantitative estimate of drug-likeness (QED) is 0.494. The van der Waals surface area contributed by atoms with Crippen LogP contribution in [0.4, 0.5) is 4.79 Å². The fourth-order valence-electron chi connectivity index (χ4n) is 1.25. The molecule has 0 bridgehead atoms. The van der Waals surface area contributed by atoms with Crippen molar-refractivity contribution in [3.63, 3.8) is 0 Å². The summed E-state index contributed by atoms with van der Waals surface area (Å²) in [5.74, 6) is 0. The first-order chi connectivity index (χ1) is 6.19. The van der Waals surface area contributed by atoms with Gasteiger partial charge in [0.2, 0.25) is 0 Å². The summed E-state index contributed by atoms with van der Waals surface area (Å²) in [6.07, 6.45) is 0.682. The summed E-state index contributed by atoms with van der Waals surface area (Å²) >= 11 is 0. The molecule has 0 fully saturated rings. The van der Waals surface area contributed by atoms with Gasteiger partial charge in [0, 0.05) is 0 Å². The van der Waals surface area contributed by atoms with Crippen LogP contribution in [0, 0.1) is 0 Å². The Morgan fingerprint density at radius 3 is 2.57 bits per heavy atom. The summed E-state index contributed by atoms with van der Waals surface area (Å²) in [5, 5.41) is 12.6. The van der Waals surface area contributed by atoms with E-state index >= 15 is 0 Å². The maximum absolute atomic E-state index is 10.3. The number of allylic oxidation sites excluding steroid dienone is 1. The van der Waals surface area contributed by atoms with Crippen molar-refractivity contribution in [2.75, 3.05) is 0 Å². The van der Waals surface area contributed by atoms with Crippen LogP contribution in [0.15, 0.2) is 10.5 Å². The number of rotatable bonds is 3. The third-order valence-corrected chi connectivity index (χ3v) is 4.78. The summed E-state index contributed by atoms with van der Waals surface area (Å²) in [4.78, 5) is 11.6. The van der Waals surface area contributed by atoms with Crippen LogP contribution in [0.3, 0.4) is 0 Å². The molecule has 0 spiro atoms. The molecule has 0 aromatic rings. The largest absolute Gasteiger partial charge is 1.00 e. The zero-order valence-corrected chi connectivity index (χ0v) is 12.3. The Hall–Kier alpha value is 0.710. The molecular formula is C8H12NNaO2S2. The Balaban J connectivity index is 0.00000169. The first kappa shape index (κ1) is 14.7. The molecule has 1 N–H and O–H groups in total. The number of hydrogen-bond acceptors (Lipinski definition) is 4. The Morgan fingerprint density at radius 2 is 2.14 bits per heavy atom. The fourth-order valence-corrected chi connectivity index (χ4v) is 4.40. The molecule has 1 aliphatic rings. The Bertz CT molecular complexity index is 245. The van der Waals surface area contributed by atoms with E-state index in [4.69, 9.17) is 0 Å². The summed E-state index contributed by atoms with van der Waals surface area (Å²) in [6.45, 7) is 4.13. The van der Waals surface area contributed by atoms with Crippen molar-refractivity contribution in [2.24, 2.45) is 0 Å². The molecular weight excluding hydrogens is 229 g/mol. The molecule has 6 heteroatoms. The Morgan fingerprint density at radius 1 is 1.50 bits per heavy atom. The van der Waals surface area contributed by atoms with E-state index in [1.807, 2.05) is 6.92 Å². The second kappa shape index (κ2) is 7.06. The third kappa shape index (κ3) is 3.70. The number of carboxylic acid groups (broad SMARTS) is 1. The van der Waals surface area contributed by atoms with E-state index in [0.717, 1.165) is 12.8 Å². The average molecular weight is 241 g/mol. The van der Waals surface area contributed by atoms with E-state index in [1.54, 1.807) is 21.6 Å². The van der Waals surface area contributed by atoms with Gasteiger partial charge in [-0.25, -0.2) is 0 Å². The van der Waals surface area contributed by atoms with Crippen LogP contribution in [-0.2, 0) is 0 Å². The summed E-state index contributed by atoms with van der Waals surface area (Å²) in [5.41, 5.74) is 1.20. The van der Waals surface area contributed by atoms with Gasteiger partial charge in [-0.3, -0.25) is 0 Å². The molecule has 1 rings (SSSR count). The van der Waals surface area contributed by atoms with Crippen LogP contribution in [0.25, 0.3) is 0 Å². The predicted molar refractivity (Wildman–Crippen MR) is 55.1 cm³/mol. The monoisotopic (exact) mass is 241 g/mol. The van der Waals surface area contributed by atoms with Crippen LogP contribution < -0.4 is 40.0 Å². The van der Waals surface area contributed by atoms with Crippen LogP contribution in [-0.4, -0.2) is 11.5 Å². The van der Waals surface area contributed by atoms with Gasteiger partial charge < -0.3 is 15.2 Å². The SMILES string of the molecule is CCC1=C(CC)C(NC(=O)[O-])SS1.[Na+]. The number of carbonyl (C=O) groups excluding carboxylic acids is 1. The van der Waals surface area contributed by atoms with Crippen molar-refractivity contribution in [2.45, 2.75) is 32.1 Å². The fraction of sp³-hybridized carbons (Fsp3) is 0.625. The molecule has 0 saturated carbocycles. The molecule has 0 saturated heterocycles. The number of nitrogens with one attached hydrogen (secondary N) is 1. The van der Waals surface area contributed by atoms with Crippen molar-refractivity contribution in [1.82, 2.24) is 5.32 Å². The zero-order valence-electron chi connectivity index (χ0n) is 8.62. The van der Waals surface area contributed by atoms with Gasteiger partial charge in [-0.2, -0.15) is 0 Å². The topological polar surface area (TPSA) is 52.2 Å². The molecule has 1 atom stereocenters. The van der Waals surface area contributed by atoms with E-state index in [0.29, 0.717) is 0 Å². The van der Waals surface area contributed by atoms with Crippen LogP contribution in [0.2, 0.25) is 0 Å². The van der Waals surface area contributed by atoms with E-state index < -0.39 is 6.09 Å². The van der Waals surface area contributed by atoms with Gasteiger partial charge in [0.25, 0.3) is 0 Å². The van der Waals surface area contributed by atoms with E-state index in [1.165, 1.54) is 10.5 Å². The van der Waals surface area contributed by atoms with E-state index in [-0.39, 0.29) is 34.9 Å². The van der Waals surface area contributed by atoms with Crippen LogP contribution in [0.1, 0.15) is 26.7 Å². The molecule has 1 amide bonds. The van der Waals surface area contributed by atoms with Gasteiger partial charge in [0.15, 0.2) is 0 Å². The second-order valence-corrected chi connectivity index (χ2v) is 5.05. The molecule has 74 valence electrons. The summed E-state index contributed by atoms with van der Waals surface area (Å²) in [7, 11) is 3.21. The molecule has 14 heavy (non-hydrogen) atoms. The Labute approximate surface area is 114 Å². The minimum Gasteiger partial charge on any atom is -0.530 e. The minimum atomic E-state index is -1.19. The van der Waals surface area contributed by atoms with Gasteiger partial charge in [-0.05, 0) is 23.3 Å². The summed E-state index contributed by atoms with van der Waals surface area (Å²) < 4.78 is 0. The maximum Gasteiger partial charge on any atom is 1.00 e.